The van der Waals surface area contributed by atoms with E-state index < -0.39 is 0 Å². The van der Waals surface area contributed by atoms with Gasteiger partial charge in [0, 0.05) is 12.1 Å². The van der Waals surface area contributed by atoms with Crippen LogP contribution in [0.1, 0.15) is 18.5 Å². The maximum atomic E-state index is 8.82. The Kier molecular flexibility index (Phi) is 5.27. The van der Waals surface area contributed by atoms with E-state index in [2.05, 4.69) is 30.8 Å². The van der Waals surface area contributed by atoms with Gasteiger partial charge in [0.2, 0.25) is 0 Å². The van der Waals surface area contributed by atoms with Crippen LogP contribution < -0.4 is 20.1 Å². The third-order valence-electron chi connectivity index (χ3n) is 4.87. The Bertz CT molecular complexity index is 1020. The van der Waals surface area contributed by atoms with E-state index in [1.165, 1.54) is 12.4 Å². The van der Waals surface area contributed by atoms with Crippen molar-refractivity contribution in [3.05, 3.63) is 42.4 Å². The van der Waals surface area contributed by atoms with E-state index in [4.69, 9.17) is 14.7 Å². The van der Waals surface area contributed by atoms with Crippen LogP contribution in [0.3, 0.4) is 0 Å². The lowest BCUT2D eigenvalue weighted by Gasteiger charge is -2.35. The predicted octanol–water partition coefficient (Wildman–Crippen LogP) is 2.62. The van der Waals surface area contributed by atoms with Crippen molar-refractivity contribution in [1.29, 1.82) is 5.26 Å². The second kappa shape index (κ2) is 8.16. The predicted molar refractivity (Wildman–Crippen MR) is 107 cm³/mol. The summed E-state index contributed by atoms with van der Waals surface area (Å²) in [6.07, 6.45) is 5.01. The van der Waals surface area contributed by atoms with Gasteiger partial charge in [-0.3, -0.25) is 5.10 Å². The number of hydrogen-bond donors (Lipinski definition) is 3. The van der Waals surface area contributed by atoms with Crippen molar-refractivity contribution in [3.63, 3.8) is 0 Å². The van der Waals surface area contributed by atoms with E-state index in [1.807, 2.05) is 37.4 Å². The number of ether oxygens (including phenoxy) is 2. The standard InChI is InChI=1S/C20H21N7O2/c1-22-12-6-14(7-12)29-17-5-3-4-16(28-2)20(17)15-8-18(27-26-15)25-19-11-23-13(9-21)10-24-19/h3-5,8,10-12,14,22H,6-7H2,1-2H3,(H2,24,25,26,27). The van der Waals surface area contributed by atoms with Gasteiger partial charge in [-0.15, -0.1) is 0 Å². The second-order valence-electron chi connectivity index (χ2n) is 6.72. The van der Waals surface area contributed by atoms with E-state index in [0.717, 1.165) is 29.8 Å². The van der Waals surface area contributed by atoms with Gasteiger partial charge in [0.25, 0.3) is 0 Å². The lowest BCUT2D eigenvalue weighted by molar-refractivity contribution is 0.0888. The Morgan fingerprint density at radius 1 is 1.17 bits per heavy atom. The highest BCUT2D eigenvalue weighted by atomic mass is 16.5. The molecule has 2 aromatic heterocycles. The minimum Gasteiger partial charge on any atom is -0.496 e. The SMILES string of the molecule is CNC1CC(Oc2cccc(OC)c2-c2cc(Nc3cnc(C#N)cn3)n[nH]2)C1. The number of benzene rings is 1. The fourth-order valence-electron chi connectivity index (χ4n) is 3.22. The maximum absolute atomic E-state index is 8.82. The van der Waals surface area contributed by atoms with E-state index in [9.17, 15) is 0 Å². The highest BCUT2D eigenvalue weighted by Gasteiger charge is 2.30. The van der Waals surface area contributed by atoms with Crippen LogP contribution in [0.15, 0.2) is 36.7 Å². The Balaban J connectivity index is 1.56. The van der Waals surface area contributed by atoms with Gasteiger partial charge in [-0.25, -0.2) is 9.97 Å². The van der Waals surface area contributed by atoms with Crippen molar-refractivity contribution in [3.8, 4) is 28.8 Å². The summed E-state index contributed by atoms with van der Waals surface area (Å²) in [6, 6.07) is 10.0. The molecular weight excluding hydrogens is 370 g/mol. The first-order chi connectivity index (χ1) is 14.2. The quantitative estimate of drug-likeness (QED) is 0.562. The monoisotopic (exact) mass is 391 g/mol. The van der Waals surface area contributed by atoms with Crippen LogP contribution >= 0.6 is 0 Å². The topological polar surface area (TPSA) is 121 Å². The van der Waals surface area contributed by atoms with Crippen molar-refractivity contribution >= 4 is 11.6 Å². The van der Waals surface area contributed by atoms with Crippen LogP contribution in [0.5, 0.6) is 11.5 Å². The molecule has 1 aromatic carbocycles. The largest absolute Gasteiger partial charge is 0.496 e. The van der Waals surface area contributed by atoms with Crippen LogP contribution in [0.4, 0.5) is 11.6 Å². The molecule has 1 aliphatic carbocycles. The van der Waals surface area contributed by atoms with E-state index in [0.29, 0.717) is 23.4 Å². The Hall–Kier alpha value is -3.64. The molecule has 2 heterocycles. The molecule has 0 atom stereocenters. The highest BCUT2D eigenvalue weighted by molar-refractivity contribution is 5.76. The number of nitriles is 1. The van der Waals surface area contributed by atoms with E-state index in [1.54, 1.807) is 7.11 Å². The summed E-state index contributed by atoms with van der Waals surface area (Å²) < 4.78 is 11.8. The summed E-state index contributed by atoms with van der Waals surface area (Å²) in [7, 11) is 3.60. The van der Waals surface area contributed by atoms with Crippen LogP contribution in [-0.2, 0) is 0 Å². The van der Waals surface area contributed by atoms with Crippen molar-refractivity contribution in [2.45, 2.75) is 25.0 Å². The number of aromatic amines is 1. The number of methoxy groups -OCH3 is 1. The summed E-state index contributed by atoms with van der Waals surface area (Å²) in [6.45, 7) is 0. The summed E-state index contributed by atoms with van der Waals surface area (Å²) >= 11 is 0. The van der Waals surface area contributed by atoms with Crippen LogP contribution in [0.25, 0.3) is 11.3 Å². The molecule has 0 amide bonds. The third-order valence-corrected chi connectivity index (χ3v) is 4.87. The summed E-state index contributed by atoms with van der Waals surface area (Å²) in [5.41, 5.74) is 1.83. The van der Waals surface area contributed by atoms with Crippen molar-refractivity contribution < 1.29 is 9.47 Å². The zero-order valence-corrected chi connectivity index (χ0v) is 16.1. The Morgan fingerprint density at radius 3 is 2.69 bits per heavy atom. The summed E-state index contributed by atoms with van der Waals surface area (Å²) in [5, 5.41) is 22.5. The van der Waals surface area contributed by atoms with Gasteiger partial charge in [0.05, 0.1) is 30.8 Å². The van der Waals surface area contributed by atoms with Gasteiger partial charge in [0.15, 0.2) is 11.5 Å². The highest BCUT2D eigenvalue weighted by Crippen LogP contribution is 2.40. The number of aromatic nitrogens is 4. The van der Waals surface area contributed by atoms with E-state index >= 15 is 0 Å². The normalized spacial score (nSPS) is 17.8. The molecule has 0 aliphatic heterocycles. The molecule has 0 radical (unpaired) electrons. The fourth-order valence-corrected chi connectivity index (χ4v) is 3.22. The molecule has 1 saturated carbocycles. The number of nitrogens with zero attached hydrogens (tertiary/aromatic N) is 4. The lowest BCUT2D eigenvalue weighted by Crippen LogP contribution is -2.45. The molecule has 9 heteroatoms. The molecule has 148 valence electrons. The van der Waals surface area contributed by atoms with Crippen LogP contribution in [-0.4, -0.2) is 46.5 Å². The van der Waals surface area contributed by atoms with Crippen molar-refractivity contribution in [2.75, 3.05) is 19.5 Å². The van der Waals surface area contributed by atoms with Gasteiger partial charge in [-0.05, 0) is 32.0 Å². The average Bonchev–Trinajstić information content (AvgIpc) is 3.18. The fraction of sp³-hybridized carbons (Fsp3) is 0.300. The van der Waals surface area contributed by atoms with Gasteiger partial charge in [-0.1, -0.05) is 6.07 Å². The van der Waals surface area contributed by atoms with Gasteiger partial charge >= 0.3 is 0 Å². The smallest absolute Gasteiger partial charge is 0.158 e. The lowest BCUT2D eigenvalue weighted by atomic mass is 9.89. The second-order valence-corrected chi connectivity index (χ2v) is 6.72. The first-order valence-corrected chi connectivity index (χ1v) is 9.26. The zero-order valence-electron chi connectivity index (χ0n) is 16.1. The van der Waals surface area contributed by atoms with E-state index in [-0.39, 0.29) is 11.8 Å². The third kappa shape index (κ3) is 3.97. The molecule has 1 fully saturated rings. The number of hydrogen-bond acceptors (Lipinski definition) is 8. The average molecular weight is 391 g/mol. The molecular formula is C20H21N7O2. The molecule has 0 bridgehead atoms. The molecule has 9 nitrogen and oxygen atoms in total. The molecule has 0 unspecified atom stereocenters. The number of rotatable bonds is 7. The first-order valence-electron chi connectivity index (χ1n) is 9.26. The Morgan fingerprint density at radius 2 is 2.00 bits per heavy atom. The minimum absolute atomic E-state index is 0.174. The minimum atomic E-state index is 0.174. The number of nitrogens with one attached hydrogen (secondary N) is 3. The summed E-state index contributed by atoms with van der Waals surface area (Å²) in [5.74, 6) is 2.50. The van der Waals surface area contributed by atoms with Gasteiger partial charge in [-0.2, -0.15) is 10.4 Å². The van der Waals surface area contributed by atoms with Crippen LogP contribution in [0.2, 0.25) is 0 Å². The van der Waals surface area contributed by atoms with Gasteiger partial charge < -0.3 is 20.1 Å². The molecule has 0 saturated heterocycles. The maximum Gasteiger partial charge on any atom is 0.158 e. The molecule has 0 spiro atoms. The van der Waals surface area contributed by atoms with Crippen LogP contribution in [0, 0.1) is 11.3 Å². The van der Waals surface area contributed by atoms with Crippen molar-refractivity contribution in [2.24, 2.45) is 0 Å². The first kappa shape index (κ1) is 18.7. The zero-order chi connectivity index (χ0) is 20.2. The number of anilines is 2. The molecule has 3 aromatic rings. The van der Waals surface area contributed by atoms with Crippen molar-refractivity contribution in [1.82, 2.24) is 25.5 Å². The number of H-pyrrole nitrogens is 1. The molecule has 3 N–H and O–H groups in total. The molecule has 4 rings (SSSR count). The Labute approximate surface area is 168 Å². The van der Waals surface area contributed by atoms with Gasteiger partial charge in [0.1, 0.15) is 29.5 Å². The molecule has 1 aliphatic rings. The summed E-state index contributed by atoms with van der Waals surface area (Å²) in [4.78, 5) is 8.14. The molecule has 29 heavy (non-hydrogen) atoms.